The maximum atomic E-state index is 12.0. The molecular formula is C13H18ClN3O2. The number of morpholine rings is 1. The molecule has 1 aromatic carbocycles. The summed E-state index contributed by atoms with van der Waals surface area (Å²) in [7, 11) is 0. The maximum absolute atomic E-state index is 12.0. The van der Waals surface area contributed by atoms with Gasteiger partial charge in [0.15, 0.2) is 0 Å². The molecule has 0 spiro atoms. The van der Waals surface area contributed by atoms with Crippen molar-refractivity contribution in [1.29, 1.82) is 0 Å². The summed E-state index contributed by atoms with van der Waals surface area (Å²) in [5.74, 6) is -0.187. The quantitative estimate of drug-likeness (QED) is 0.809. The highest BCUT2D eigenvalue weighted by atomic mass is 35.5. The van der Waals surface area contributed by atoms with Gasteiger partial charge >= 0.3 is 0 Å². The van der Waals surface area contributed by atoms with Crippen LogP contribution in [0, 0.1) is 0 Å². The molecule has 1 aromatic rings. The van der Waals surface area contributed by atoms with Crippen molar-refractivity contribution in [3.8, 4) is 0 Å². The van der Waals surface area contributed by atoms with Gasteiger partial charge in [-0.25, -0.2) is 0 Å². The smallest absolute Gasteiger partial charge is 0.253 e. The SMILES string of the molecule is Nc1ccc(Cl)cc1C(=O)NCCN1CCOCC1. The fourth-order valence-corrected chi connectivity index (χ4v) is 2.14. The highest BCUT2D eigenvalue weighted by Crippen LogP contribution is 2.17. The minimum Gasteiger partial charge on any atom is -0.398 e. The molecule has 0 unspecified atom stereocenters. The predicted molar refractivity (Wildman–Crippen MR) is 75.5 cm³/mol. The molecule has 1 fully saturated rings. The molecule has 1 amide bonds. The first-order chi connectivity index (χ1) is 9.16. The van der Waals surface area contributed by atoms with Gasteiger partial charge in [0, 0.05) is 36.9 Å². The van der Waals surface area contributed by atoms with E-state index in [0.717, 1.165) is 32.8 Å². The van der Waals surface area contributed by atoms with Crippen molar-refractivity contribution in [2.24, 2.45) is 0 Å². The summed E-state index contributed by atoms with van der Waals surface area (Å²) in [4.78, 5) is 14.2. The van der Waals surface area contributed by atoms with Gasteiger partial charge in [0.1, 0.15) is 0 Å². The lowest BCUT2D eigenvalue weighted by Gasteiger charge is -2.26. The molecule has 104 valence electrons. The zero-order valence-electron chi connectivity index (χ0n) is 10.7. The van der Waals surface area contributed by atoms with Crippen molar-refractivity contribution in [1.82, 2.24) is 10.2 Å². The van der Waals surface area contributed by atoms with Crippen LogP contribution in [-0.4, -0.2) is 50.2 Å². The Labute approximate surface area is 117 Å². The maximum Gasteiger partial charge on any atom is 0.253 e. The van der Waals surface area contributed by atoms with Gasteiger partial charge in [0.25, 0.3) is 5.91 Å². The summed E-state index contributed by atoms with van der Waals surface area (Å²) in [6.45, 7) is 4.75. The van der Waals surface area contributed by atoms with Crippen LogP contribution in [0.4, 0.5) is 5.69 Å². The Morgan fingerprint density at radius 1 is 1.42 bits per heavy atom. The van der Waals surface area contributed by atoms with E-state index in [2.05, 4.69) is 10.2 Å². The second-order valence-corrected chi connectivity index (χ2v) is 4.88. The molecule has 0 aliphatic carbocycles. The zero-order valence-corrected chi connectivity index (χ0v) is 11.4. The van der Waals surface area contributed by atoms with E-state index in [1.807, 2.05) is 0 Å². The predicted octanol–water partition coefficient (Wildman–Crippen LogP) is 0.984. The Kier molecular flexibility index (Phi) is 5.01. The molecule has 0 radical (unpaired) electrons. The first-order valence-electron chi connectivity index (χ1n) is 6.30. The van der Waals surface area contributed by atoms with Crippen molar-refractivity contribution in [2.45, 2.75) is 0 Å². The summed E-state index contributed by atoms with van der Waals surface area (Å²) < 4.78 is 5.27. The van der Waals surface area contributed by atoms with Gasteiger partial charge in [-0.3, -0.25) is 9.69 Å². The van der Waals surface area contributed by atoms with Gasteiger partial charge in [-0.05, 0) is 18.2 Å². The van der Waals surface area contributed by atoms with Gasteiger partial charge in [-0.15, -0.1) is 0 Å². The monoisotopic (exact) mass is 283 g/mol. The minimum atomic E-state index is -0.187. The molecule has 5 nitrogen and oxygen atoms in total. The zero-order chi connectivity index (χ0) is 13.7. The number of hydrogen-bond acceptors (Lipinski definition) is 4. The number of amides is 1. The Hall–Kier alpha value is -1.30. The third-order valence-electron chi connectivity index (χ3n) is 3.08. The fourth-order valence-electron chi connectivity index (χ4n) is 1.97. The number of carbonyl (C=O) groups is 1. The average molecular weight is 284 g/mol. The van der Waals surface area contributed by atoms with E-state index < -0.39 is 0 Å². The molecule has 0 saturated carbocycles. The van der Waals surface area contributed by atoms with Gasteiger partial charge in [0.05, 0.1) is 18.8 Å². The van der Waals surface area contributed by atoms with Crippen LogP contribution in [0.15, 0.2) is 18.2 Å². The number of benzene rings is 1. The molecule has 3 N–H and O–H groups in total. The number of nitrogens with zero attached hydrogens (tertiary/aromatic N) is 1. The van der Waals surface area contributed by atoms with Gasteiger partial charge in [0.2, 0.25) is 0 Å². The molecule has 2 rings (SSSR count). The second kappa shape index (κ2) is 6.75. The number of carbonyl (C=O) groups excluding carboxylic acids is 1. The number of nitrogen functional groups attached to an aromatic ring is 1. The van der Waals surface area contributed by atoms with Crippen molar-refractivity contribution < 1.29 is 9.53 Å². The van der Waals surface area contributed by atoms with Crippen LogP contribution < -0.4 is 11.1 Å². The largest absolute Gasteiger partial charge is 0.398 e. The van der Waals surface area contributed by atoms with E-state index in [-0.39, 0.29) is 5.91 Å². The number of rotatable bonds is 4. The van der Waals surface area contributed by atoms with E-state index in [1.54, 1.807) is 18.2 Å². The summed E-state index contributed by atoms with van der Waals surface area (Å²) in [5.41, 5.74) is 6.62. The van der Waals surface area contributed by atoms with E-state index in [9.17, 15) is 4.79 Å². The molecule has 1 aliphatic rings. The lowest BCUT2D eigenvalue weighted by molar-refractivity contribution is 0.0383. The first kappa shape index (κ1) is 14.1. The van der Waals surface area contributed by atoms with Crippen molar-refractivity contribution in [3.63, 3.8) is 0 Å². The number of halogens is 1. The van der Waals surface area contributed by atoms with Gasteiger partial charge in [-0.2, -0.15) is 0 Å². The van der Waals surface area contributed by atoms with Crippen LogP contribution in [0.1, 0.15) is 10.4 Å². The number of ether oxygens (including phenoxy) is 1. The third kappa shape index (κ3) is 4.09. The second-order valence-electron chi connectivity index (χ2n) is 4.44. The molecule has 6 heteroatoms. The summed E-state index contributed by atoms with van der Waals surface area (Å²) in [6, 6.07) is 4.89. The molecule has 1 saturated heterocycles. The van der Waals surface area contributed by atoms with E-state index in [4.69, 9.17) is 22.1 Å². The van der Waals surface area contributed by atoms with E-state index >= 15 is 0 Å². The van der Waals surface area contributed by atoms with Crippen LogP contribution in [0.25, 0.3) is 0 Å². The molecule has 0 bridgehead atoms. The van der Waals surface area contributed by atoms with Crippen LogP contribution in [0.3, 0.4) is 0 Å². The van der Waals surface area contributed by atoms with Crippen LogP contribution in [0.5, 0.6) is 0 Å². The highest BCUT2D eigenvalue weighted by Gasteiger charge is 2.12. The topological polar surface area (TPSA) is 67.6 Å². The number of hydrogen-bond donors (Lipinski definition) is 2. The van der Waals surface area contributed by atoms with Crippen molar-refractivity contribution in [3.05, 3.63) is 28.8 Å². The van der Waals surface area contributed by atoms with E-state index in [0.29, 0.717) is 22.8 Å². The molecular weight excluding hydrogens is 266 g/mol. The lowest BCUT2D eigenvalue weighted by atomic mass is 10.1. The van der Waals surface area contributed by atoms with Crippen molar-refractivity contribution >= 4 is 23.2 Å². The Morgan fingerprint density at radius 2 is 2.16 bits per heavy atom. The summed E-state index contributed by atoms with van der Waals surface area (Å²) >= 11 is 5.86. The Balaban J connectivity index is 1.82. The van der Waals surface area contributed by atoms with Crippen LogP contribution >= 0.6 is 11.6 Å². The third-order valence-corrected chi connectivity index (χ3v) is 3.31. The molecule has 0 aromatic heterocycles. The molecule has 0 atom stereocenters. The summed E-state index contributed by atoms with van der Waals surface area (Å²) in [5, 5.41) is 3.36. The Bertz CT molecular complexity index is 448. The van der Waals surface area contributed by atoms with E-state index in [1.165, 1.54) is 0 Å². The summed E-state index contributed by atoms with van der Waals surface area (Å²) in [6.07, 6.45) is 0. The number of anilines is 1. The normalized spacial score (nSPS) is 16.3. The average Bonchev–Trinajstić information content (AvgIpc) is 2.42. The number of nitrogens with two attached hydrogens (primary N) is 1. The Morgan fingerprint density at radius 3 is 2.89 bits per heavy atom. The molecule has 1 aliphatic heterocycles. The van der Waals surface area contributed by atoms with Crippen LogP contribution in [-0.2, 0) is 4.74 Å². The minimum absolute atomic E-state index is 0.187. The molecule has 19 heavy (non-hydrogen) atoms. The fraction of sp³-hybridized carbons (Fsp3) is 0.462. The lowest BCUT2D eigenvalue weighted by Crippen LogP contribution is -2.41. The molecule has 1 heterocycles. The highest BCUT2D eigenvalue weighted by molar-refractivity contribution is 6.31. The standard InChI is InChI=1S/C13H18ClN3O2/c14-10-1-2-12(15)11(9-10)13(18)16-3-4-17-5-7-19-8-6-17/h1-2,9H,3-8,15H2,(H,16,18). The van der Waals surface area contributed by atoms with Gasteiger partial charge in [-0.1, -0.05) is 11.6 Å². The van der Waals surface area contributed by atoms with Crippen molar-refractivity contribution in [2.75, 3.05) is 45.1 Å². The number of nitrogens with one attached hydrogen (secondary N) is 1. The first-order valence-corrected chi connectivity index (χ1v) is 6.68. The van der Waals surface area contributed by atoms with Gasteiger partial charge < -0.3 is 15.8 Å². The van der Waals surface area contributed by atoms with Crippen LogP contribution in [0.2, 0.25) is 5.02 Å².